The number of nitrogens with one attached hydrogen (secondary N) is 1. The van der Waals surface area contributed by atoms with Crippen LogP contribution < -0.4 is 10.3 Å². The molecule has 0 amide bonds. The van der Waals surface area contributed by atoms with E-state index in [0.717, 1.165) is 33.3 Å². The van der Waals surface area contributed by atoms with Crippen LogP contribution in [0.2, 0.25) is 0 Å². The van der Waals surface area contributed by atoms with Crippen molar-refractivity contribution in [2.75, 3.05) is 7.11 Å². The Morgan fingerprint density at radius 1 is 1.09 bits per heavy atom. The molecule has 0 aliphatic rings. The van der Waals surface area contributed by atoms with Crippen molar-refractivity contribution in [1.29, 1.82) is 0 Å². The van der Waals surface area contributed by atoms with Gasteiger partial charge in [-0.15, -0.1) is 10.2 Å². The molecule has 4 aromatic heterocycles. The maximum Gasteiger partial charge on any atom is 0.283 e. The van der Waals surface area contributed by atoms with Gasteiger partial charge in [0.2, 0.25) is 0 Å². The zero-order chi connectivity index (χ0) is 24.1. The van der Waals surface area contributed by atoms with Gasteiger partial charge in [-0.2, -0.15) is 9.61 Å². The van der Waals surface area contributed by atoms with Crippen LogP contribution in [0.5, 0.6) is 5.75 Å². The highest BCUT2D eigenvalue weighted by Gasteiger charge is 2.18. The van der Waals surface area contributed by atoms with Gasteiger partial charge in [-0.25, -0.2) is 9.37 Å². The number of aromatic nitrogens is 7. The fraction of sp³-hybridized carbons (Fsp3) is 0.160. The summed E-state index contributed by atoms with van der Waals surface area (Å²) in [6.45, 7) is 2.25. The van der Waals surface area contributed by atoms with Gasteiger partial charge in [0.25, 0.3) is 5.56 Å². The third kappa shape index (κ3) is 3.41. The van der Waals surface area contributed by atoms with E-state index < -0.39 is 0 Å². The van der Waals surface area contributed by atoms with E-state index in [9.17, 15) is 9.18 Å². The van der Waals surface area contributed by atoms with Crippen LogP contribution in [0, 0.1) is 12.7 Å². The number of H-pyrrole nitrogens is 1. The molecule has 0 spiro atoms. The van der Waals surface area contributed by atoms with Crippen LogP contribution >= 0.6 is 0 Å². The maximum atomic E-state index is 13.4. The molecule has 6 rings (SSSR count). The molecule has 10 heteroatoms. The van der Waals surface area contributed by atoms with E-state index in [0.29, 0.717) is 30.0 Å². The fourth-order valence-electron chi connectivity index (χ4n) is 4.41. The number of ether oxygens (including phenoxy) is 1. The predicted molar refractivity (Wildman–Crippen MR) is 129 cm³/mol. The molecule has 174 valence electrons. The van der Waals surface area contributed by atoms with Gasteiger partial charge in [-0.05, 0) is 54.8 Å². The Labute approximate surface area is 197 Å². The summed E-state index contributed by atoms with van der Waals surface area (Å²) < 4.78 is 21.8. The van der Waals surface area contributed by atoms with Crippen molar-refractivity contribution in [1.82, 2.24) is 34.3 Å². The quantitative estimate of drug-likeness (QED) is 0.413. The Bertz CT molecular complexity index is 1780. The Hall–Kier alpha value is -4.60. The number of benzene rings is 2. The van der Waals surface area contributed by atoms with E-state index in [4.69, 9.17) is 4.74 Å². The molecule has 0 saturated carbocycles. The molecule has 6 aromatic rings. The third-order valence-corrected chi connectivity index (χ3v) is 6.21. The molecule has 0 aliphatic heterocycles. The fourth-order valence-corrected chi connectivity index (χ4v) is 4.41. The minimum Gasteiger partial charge on any atom is -0.497 e. The summed E-state index contributed by atoms with van der Waals surface area (Å²) >= 11 is 0. The molecule has 0 fully saturated rings. The lowest BCUT2D eigenvalue weighted by atomic mass is 10.1. The SMILES string of the molecule is COc1ccc2[nH]cc(CCn3cnc4c(nnc5c(-c6ccc(F)cc6)c(C)nn54)c3=O)c2c1. The van der Waals surface area contributed by atoms with Crippen molar-refractivity contribution in [3.05, 3.63) is 82.4 Å². The Balaban J connectivity index is 1.38. The summed E-state index contributed by atoms with van der Waals surface area (Å²) in [5.41, 5.74) is 4.86. The number of hydrogen-bond acceptors (Lipinski definition) is 6. The smallest absolute Gasteiger partial charge is 0.283 e. The highest BCUT2D eigenvalue weighted by molar-refractivity contribution is 5.85. The first-order chi connectivity index (χ1) is 17.0. The summed E-state index contributed by atoms with van der Waals surface area (Å²) in [7, 11) is 1.63. The first-order valence-electron chi connectivity index (χ1n) is 11.0. The van der Waals surface area contributed by atoms with Gasteiger partial charge < -0.3 is 9.72 Å². The van der Waals surface area contributed by atoms with Gasteiger partial charge in [-0.3, -0.25) is 9.36 Å². The van der Waals surface area contributed by atoms with Crippen molar-refractivity contribution in [2.24, 2.45) is 0 Å². The van der Waals surface area contributed by atoms with Crippen molar-refractivity contribution in [3.8, 4) is 16.9 Å². The normalized spacial score (nSPS) is 11.6. The second-order valence-corrected chi connectivity index (χ2v) is 8.29. The Morgan fingerprint density at radius 3 is 2.71 bits per heavy atom. The average Bonchev–Trinajstić information content (AvgIpc) is 3.43. The minimum atomic E-state index is -0.326. The molecule has 4 heterocycles. The van der Waals surface area contributed by atoms with Crippen molar-refractivity contribution >= 4 is 27.7 Å². The number of hydrogen-bond donors (Lipinski definition) is 1. The van der Waals surface area contributed by atoms with Gasteiger partial charge in [0.05, 0.1) is 18.4 Å². The molecule has 0 unspecified atom stereocenters. The van der Waals surface area contributed by atoms with Gasteiger partial charge in [-0.1, -0.05) is 12.1 Å². The van der Waals surface area contributed by atoms with Crippen LogP contribution in [0.4, 0.5) is 4.39 Å². The van der Waals surface area contributed by atoms with Crippen LogP contribution in [0.15, 0.2) is 59.8 Å². The van der Waals surface area contributed by atoms with Crippen molar-refractivity contribution < 1.29 is 9.13 Å². The summed E-state index contributed by atoms with van der Waals surface area (Å²) in [6, 6.07) is 11.9. The van der Waals surface area contributed by atoms with Crippen LogP contribution in [0.1, 0.15) is 11.3 Å². The largest absolute Gasteiger partial charge is 0.497 e. The van der Waals surface area contributed by atoms with Crippen LogP contribution in [-0.2, 0) is 13.0 Å². The topological polar surface area (TPSA) is 103 Å². The first-order valence-corrected chi connectivity index (χ1v) is 11.0. The molecule has 0 aliphatic carbocycles. The van der Waals surface area contributed by atoms with Gasteiger partial charge in [0.1, 0.15) is 17.9 Å². The predicted octanol–water partition coefficient (Wildman–Crippen LogP) is 3.68. The number of methoxy groups -OCH3 is 1. The van der Waals surface area contributed by atoms with E-state index >= 15 is 0 Å². The molecule has 2 aromatic carbocycles. The zero-order valence-electron chi connectivity index (χ0n) is 19.0. The maximum absolute atomic E-state index is 13.4. The van der Waals surface area contributed by atoms with E-state index in [-0.39, 0.29) is 16.9 Å². The van der Waals surface area contributed by atoms with Gasteiger partial charge in [0.15, 0.2) is 16.8 Å². The Kier molecular flexibility index (Phi) is 4.80. The summed E-state index contributed by atoms with van der Waals surface area (Å²) in [6.07, 6.45) is 4.07. The van der Waals surface area contributed by atoms with Crippen LogP contribution in [0.25, 0.3) is 38.8 Å². The Morgan fingerprint density at radius 2 is 1.91 bits per heavy atom. The van der Waals surface area contributed by atoms with E-state index in [1.807, 2.05) is 31.3 Å². The molecule has 35 heavy (non-hydrogen) atoms. The average molecular weight is 469 g/mol. The highest BCUT2D eigenvalue weighted by Crippen LogP contribution is 2.28. The number of aromatic amines is 1. The molecule has 9 nitrogen and oxygen atoms in total. The van der Waals surface area contributed by atoms with Crippen molar-refractivity contribution in [2.45, 2.75) is 19.9 Å². The van der Waals surface area contributed by atoms with E-state index in [2.05, 4.69) is 25.3 Å². The summed E-state index contributed by atoms with van der Waals surface area (Å²) in [4.78, 5) is 21.0. The molecule has 0 radical (unpaired) electrons. The zero-order valence-corrected chi connectivity index (χ0v) is 19.0. The minimum absolute atomic E-state index is 0.133. The van der Waals surface area contributed by atoms with E-state index in [1.54, 1.807) is 19.2 Å². The van der Waals surface area contributed by atoms with Crippen molar-refractivity contribution in [3.63, 3.8) is 0 Å². The van der Waals surface area contributed by atoms with E-state index in [1.165, 1.54) is 27.5 Å². The van der Waals surface area contributed by atoms with Crippen LogP contribution in [-0.4, -0.2) is 41.5 Å². The summed E-state index contributed by atoms with van der Waals surface area (Å²) in [5.74, 6) is 0.449. The number of nitrogens with zero attached hydrogens (tertiary/aromatic N) is 6. The molecular formula is C25H20FN7O2. The molecule has 1 N–H and O–H groups in total. The molecule has 0 bridgehead atoms. The van der Waals surface area contributed by atoms with Gasteiger partial charge >= 0.3 is 0 Å². The number of halogens is 1. The lowest BCUT2D eigenvalue weighted by Crippen LogP contribution is -2.23. The number of aryl methyl sites for hydroxylation is 3. The van der Waals surface area contributed by atoms with Gasteiger partial charge in [0, 0.05) is 23.6 Å². The van der Waals surface area contributed by atoms with Crippen LogP contribution in [0.3, 0.4) is 0 Å². The standard InChI is InChI=1S/C25H20FN7O2/c1-14-21(15-3-5-17(26)6-4-15)23-30-29-22-24(33(23)31-14)28-13-32(25(22)34)10-9-16-12-27-20-8-7-18(35-2)11-19(16)20/h3-8,11-13,27H,9-10H2,1-2H3. The first kappa shape index (κ1) is 21.0. The number of rotatable bonds is 5. The summed E-state index contributed by atoms with van der Waals surface area (Å²) in [5, 5.41) is 14.1. The molecule has 0 saturated heterocycles. The third-order valence-electron chi connectivity index (χ3n) is 6.21. The second-order valence-electron chi connectivity index (χ2n) is 8.29. The lowest BCUT2D eigenvalue weighted by Gasteiger charge is -2.07. The second kappa shape index (κ2) is 8.01. The monoisotopic (exact) mass is 469 g/mol. The lowest BCUT2D eigenvalue weighted by molar-refractivity contribution is 0.415. The number of fused-ring (bicyclic) bond motifs is 4. The highest BCUT2D eigenvalue weighted by atomic mass is 19.1. The molecular weight excluding hydrogens is 449 g/mol. The molecule has 0 atom stereocenters.